The summed E-state index contributed by atoms with van der Waals surface area (Å²) in [6, 6.07) is 10.8. The quantitative estimate of drug-likeness (QED) is 0.867. The molecule has 0 aromatic heterocycles. The average molecular weight is 255 g/mol. The van der Waals surface area contributed by atoms with Crippen LogP contribution in [-0.4, -0.2) is 5.91 Å². The molecule has 2 nitrogen and oxygen atoms in total. The highest BCUT2D eigenvalue weighted by atomic mass is 16.1. The third-order valence-corrected chi connectivity index (χ3v) is 6.33. The summed E-state index contributed by atoms with van der Waals surface area (Å²) in [6.45, 7) is 2.38. The fourth-order valence-electron chi connectivity index (χ4n) is 5.86. The number of benzene rings is 1. The molecule has 100 valence electrons. The van der Waals surface area contributed by atoms with Gasteiger partial charge in [0.1, 0.15) is 0 Å². The van der Waals surface area contributed by atoms with Crippen molar-refractivity contribution in [1.29, 1.82) is 0 Å². The lowest BCUT2D eigenvalue weighted by atomic mass is 9.57. The number of carbonyl (C=O) groups is 1. The molecule has 2 N–H and O–H groups in total. The second kappa shape index (κ2) is 3.23. The summed E-state index contributed by atoms with van der Waals surface area (Å²) in [5, 5.41) is 0. The molecule has 4 saturated carbocycles. The molecule has 4 bridgehead atoms. The number of primary amides is 1. The minimum Gasteiger partial charge on any atom is -0.369 e. The second-order valence-corrected chi connectivity index (χ2v) is 7.58. The Balaban J connectivity index is 1.84. The topological polar surface area (TPSA) is 43.1 Å². The number of amides is 1. The monoisotopic (exact) mass is 255 g/mol. The van der Waals surface area contributed by atoms with Gasteiger partial charge >= 0.3 is 0 Å². The van der Waals surface area contributed by atoms with Crippen molar-refractivity contribution in [2.24, 2.45) is 22.5 Å². The Morgan fingerprint density at radius 1 is 1.16 bits per heavy atom. The molecule has 1 aromatic rings. The summed E-state index contributed by atoms with van der Waals surface area (Å²) < 4.78 is 0. The van der Waals surface area contributed by atoms with Gasteiger partial charge in [0.25, 0.3) is 0 Å². The van der Waals surface area contributed by atoms with E-state index < -0.39 is 0 Å². The van der Waals surface area contributed by atoms with E-state index >= 15 is 0 Å². The largest absolute Gasteiger partial charge is 0.369 e. The number of hydrogen-bond donors (Lipinski definition) is 1. The summed E-state index contributed by atoms with van der Waals surface area (Å²) >= 11 is 0. The summed E-state index contributed by atoms with van der Waals surface area (Å²) in [5.74, 6) is 0.634. The van der Waals surface area contributed by atoms with Crippen LogP contribution >= 0.6 is 0 Å². The van der Waals surface area contributed by atoms with E-state index in [-0.39, 0.29) is 16.7 Å². The summed E-state index contributed by atoms with van der Waals surface area (Å²) in [4.78, 5) is 12.0. The standard InChI is InChI=1S/C17H21NO/c1-15-9-16(12-5-3-2-4-6-12)7-13(15)8-17(10-15,11-16)14(18)19/h2-6,13H,7-11H2,1H3,(H2,18,19)/t13?,15-,16-,17?/m0/s1. The zero-order chi connectivity index (χ0) is 13.3. The Hall–Kier alpha value is -1.31. The molecule has 19 heavy (non-hydrogen) atoms. The van der Waals surface area contributed by atoms with Crippen molar-refractivity contribution in [1.82, 2.24) is 0 Å². The first-order chi connectivity index (χ1) is 8.98. The lowest BCUT2D eigenvalue weighted by molar-refractivity contribution is -0.131. The Morgan fingerprint density at radius 2 is 1.89 bits per heavy atom. The van der Waals surface area contributed by atoms with Gasteiger partial charge in [-0.15, -0.1) is 0 Å². The van der Waals surface area contributed by atoms with Gasteiger partial charge < -0.3 is 5.73 Å². The van der Waals surface area contributed by atoms with Crippen molar-refractivity contribution < 1.29 is 4.79 Å². The van der Waals surface area contributed by atoms with Crippen LogP contribution < -0.4 is 5.73 Å². The number of carbonyl (C=O) groups excluding carboxylic acids is 1. The molecule has 4 fully saturated rings. The van der Waals surface area contributed by atoms with Crippen molar-refractivity contribution in [2.45, 2.75) is 44.4 Å². The molecule has 4 atom stereocenters. The molecule has 2 heteroatoms. The van der Waals surface area contributed by atoms with Crippen LogP contribution in [0.1, 0.15) is 44.6 Å². The predicted octanol–water partition coefficient (Wildman–Crippen LogP) is 3.01. The van der Waals surface area contributed by atoms with Gasteiger partial charge in [-0.1, -0.05) is 37.3 Å². The molecule has 0 spiro atoms. The fraction of sp³-hybridized carbons (Fsp3) is 0.588. The van der Waals surface area contributed by atoms with E-state index in [4.69, 9.17) is 5.73 Å². The lowest BCUT2D eigenvalue weighted by Gasteiger charge is -2.46. The first kappa shape index (κ1) is 11.5. The molecule has 4 aliphatic rings. The fourth-order valence-corrected chi connectivity index (χ4v) is 5.86. The van der Waals surface area contributed by atoms with Gasteiger partial charge in [0.05, 0.1) is 5.41 Å². The van der Waals surface area contributed by atoms with Gasteiger partial charge in [-0.2, -0.15) is 0 Å². The maximum Gasteiger partial charge on any atom is 0.223 e. The third kappa shape index (κ3) is 1.30. The van der Waals surface area contributed by atoms with Crippen molar-refractivity contribution in [3.05, 3.63) is 35.9 Å². The van der Waals surface area contributed by atoms with Gasteiger partial charge in [-0.25, -0.2) is 0 Å². The molecular weight excluding hydrogens is 234 g/mol. The van der Waals surface area contributed by atoms with Gasteiger partial charge in [-0.05, 0) is 54.4 Å². The molecule has 0 saturated heterocycles. The SMILES string of the molecule is C[C@]12CC3(C(N)=O)CC1C[C@@](c1ccccc1)(C3)C2. The van der Waals surface area contributed by atoms with Crippen LogP contribution in [0.3, 0.4) is 0 Å². The molecule has 0 aliphatic heterocycles. The molecule has 1 amide bonds. The van der Waals surface area contributed by atoms with E-state index in [0.717, 1.165) is 19.3 Å². The van der Waals surface area contributed by atoms with Gasteiger partial charge in [-0.3, -0.25) is 4.79 Å². The summed E-state index contributed by atoms with van der Waals surface area (Å²) in [7, 11) is 0. The molecule has 1 aromatic carbocycles. The minimum absolute atomic E-state index is 0.0547. The summed E-state index contributed by atoms with van der Waals surface area (Å²) in [6.07, 6.45) is 5.53. The smallest absolute Gasteiger partial charge is 0.223 e. The van der Waals surface area contributed by atoms with E-state index in [2.05, 4.69) is 37.3 Å². The normalized spacial score (nSPS) is 46.7. The van der Waals surface area contributed by atoms with Crippen LogP contribution in [0.5, 0.6) is 0 Å². The van der Waals surface area contributed by atoms with Gasteiger partial charge in [0.2, 0.25) is 5.91 Å². The van der Waals surface area contributed by atoms with Gasteiger partial charge in [0.15, 0.2) is 0 Å². The van der Waals surface area contributed by atoms with Crippen LogP contribution in [0.15, 0.2) is 30.3 Å². The van der Waals surface area contributed by atoms with Crippen molar-refractivity contribution >= 4 is 5.91 Å². The summed E-state index contributed by atoms with van der Waals surface area (Å²) in [5.41, 5.74) is 7.54. The Bertz CT molecular complexity index is 554. The van der Waals surface area contributed by atoms with Crippen molar-refractivity contribution in [2.75, 3.05) is 0 Å². The van der Waals surface area contributed by atoms with E-state index in [9.17, 15) is 4.79 Å². The van der Waals surface area contributed by atoms with Crippen LogP contribution in [0, 0.1) is 16.7 Å². The molecule has 2 unspecified atom stereocenters. The number of rotatable bonds is 2. The maximum absolute atomic E-state index is 12.0. The van der Waals surface area contributed by atoms with E-state index in [1.165, 1.54) is 18.4 Å². The Morgan fingerprint density at radius 3 is 2.53 bits per heavy atom. The first-order valence-electron chi connectivity index (χ1n) is 7.34. The van der Waals surface area contributed by atoms with Crippen LogP contribution in [-0.2, 0) is 10.2 Å². The van der Waals surface area contributed by atoms with E-state index in [0.29, 0.717) is 11.3 Å². The Labute approximate surface area is 114 Å². The molecule has 5 rings (SSSR count). The lowest BCUT2D eigenvalue weighted by Crippen LogP contribution is -2.47. The Kier molecular flexibility index (Phi) is 1.95. The first-order valence-corrected chi connectivity index (χ1v) is 7.34. The molecule has 0 radical (unpaired) electrons. The number of hydrogen-bond acceptors (Lipinski definition) is 1. The van der Waals surface area contributed by atoms with Crippen LogP contribution in [0.2, 0.25) is 0 Å². The molecular formula is C17H21NO. The predicted molar refractivity (Wildman–Crippen MR) is 74.4 cm³/mol. The highest BCUT2D eigenvalue weighted by Crippen LogP contribution is 2.74. The molecule has 0 heterocycles. The zero-order valence-corrected chi connectivity index (χ0v) is 11.5. The average Bonchev–Trinajstić information content (AvgIpc) is 2.71. The van der Waals surface area contributed by atoms with E-state index in [1.54, 1.807) is 0 Å². The highest BCUT2D eigenvalue weighted by molar-refractivity contribution is 5.82. The van der Waals surface area contributed by atoms with Crippen molar-refractivity contribution in [3.8, 4) is 0 Å². The maximum atomic E-state index is 12.0. The van der Waals surface area contributed by atoms with E-state index in [1.807, 2.05) is 0 Å². The van der Waals surface area contributed by atoms with Gasteiger partial charge in [0, 0.05) is 0 Å². The number of nitrogens with two attached hydrogens (primary N) is 1. The van der Waals surface area contributed by atoms with Crippen LogP contribution in [0.25, 0.3) is 0 Å². The second-order valence-electron chi connectivity index (χ2n) is 7.58. The zero-order valence-electron chi connectivity index (χ0n) is 11.5. The molecule has 4 aliphatic carbocycles. The third-order valence-electron chi connectivity index (χ3n) is 6.33. The van der Waals surface area contributed by atoms with Crippen LogP contribution in [0.4, 0.5) is 0 Å². The highest BCUT2D eigenvalue weighted by Gasteiger charge is 2.69. The minimum atomic E-state index is -0.217. The van der Waals surface area contributed by atoms with Crippen molar-refractivity contribution in [3.63, 3.8) is 0 Å².